The van der Waals surface area contributed by atoms with Crippen LogP contribution in [-0.4, -0.2) is 39.5 Å². The van der Waals surface area contributed by atoms with Gasteiger partial charge >= 0.3 is 12.1 Å². The van der Waals surface area contributed by atoms with Gasteiger partial charge < -0.3 is 20.3 Å². The lowest BCUT2D eigenvalue weighted by Crippen LogP contribution is -2.67. The van der Waals surface area contributed by atoms with Crippen LogP contribution in [0.15, 0.2) is 0 Å². The number of nitrogens with one attached hydrogen (secondary N) is 1. The van der Waals surface area contributed by atoms with Crippen molar-refractivity contribution in [1.82, 2.24) is 5.32 Å². The quantitative estimate of drug-likeness (QED) is 0.734. The van der Waals surface area contributed by atoms with E-state index in [1.54, 1.807) is 34.6 Å². The van der Waals surface area contributed by atoms with Crippen LogP contribution in [0.1, 0.15) is 53.9 Å². The Balaban J connectivity index is 2.87. The fourth-order valence-electron chi connectivity index (χ4n) is 2.53. The third-order valence-corrected chi connectivity index (χ3v) is 4.10. The second-order valence-corrected chi connectivity index (χ2v) is 7.03. The van der Waals surface area contributed by atoms with Crippen LogP contribution in [0.4, 0.5) is 4.79 Å². The summed E-state index contributed by atoms with van der Waals surface area (Å²) in [4.78, 5) is 23.0. The first-order valence-electron chi connectivity index (χ1n) is 6.83. The Morgan fingerprint density at radius 2 is 1.70 bits per heavy atom. The molecule has 1 atom stereocenters. The molecule has 6 nitrogen and oxygen atoms in total. The Hall–Kier alpha value is -1.30. The predicted molar refractivity (Wildman–Crippen MR) is 73.4 cm³/mol. The maximum Gasteiger partial charge on any atom is 0.408 e. The van der Waals surface area contributed by atoms with Crippen molar-refractivity contribution in [2.24, 2.45) is 5.41 Å². The van der Waals surface area contributed by atoms with Gasteiger partial charge in [0.2, 0.25) is 0 Å². The maximum atomic E-state index is 11.9. The number of hydrogen-bond acceptors (Lipinski definition) is 4. The summed E-state index contributed by atoms with van der Waals surface area (Å²) < 4.78 is 5.23. The summed E-state index contributed by atoms with van der Waals surface area (Å²) in [6.45, 7) is 8.59. The summed E-state index contributed by atoms with van der Waals surface area (Å²) >= 11 is 0. The van der Waals surface area contributed by atoms with E-state index in [1.807, 2.05) is 0 Å². The zero-order chi connectivity index (χ0) is 15.8. The number of ether oxygens (including phenoxy) is 1. The zero-order valence-corrected chi connectivity index (χ0v) is 12.8. The van der Waals surface area contributed by atoms with Gasteiger partial charge in [-0.15, -0.1) is 0 Å². The molecule has 1 unspecified atom stereocenters. The first-order chi connectivity index (χ1) is 8.91. The number of amides is 1. The van der Waals surface area contributed by atoms with Crippen LogP contribution in [0.3, 0.4) is 0 Å². The molecule has 1 amide bonds. The highest BCUT2D eigenvalue weighted by molar-refractivity contribution is 5.74. The van der Waals surface area contributed by atoms with Crippen molar-refractivity contribution in [2.45, 2.75) is 71.1 Å². The topological polar surface area (TPSA) is 95.9 Å². The van der Waals surface area contributed by atoms with E-state index < -0.39 is 34.7 Å². The summed E-state index contributed by atoms with van der Waals surface area (Å²) in [6.07, 6.45) is 0.0132. The summed E-state index contributed by atoms with van der Waals surface area (Å²) in [5.74, 6) is -1.28. The molecule has 116 valence electrons. The van der Waals surface area contributed by atoms with Gasteiger partial charge in [-0.2, -0.15) is 0 Å². The van der Waals surface area contributed by atoms with Gasteiger partial charge in [0.1, 0.15) is 5.60 Å². The van der Waals surface area contributed by atoms with E-state index in [2.05, 4.69) is 5.32 Å². The first kappa shape index (κ1) is 16.8. The molecule has 3 N–H and O–H groups in total. The van der Waals surface area contributed by atoms with Crippen LogP contribution in [0.2, 0.25) is 0 Å². The van der Waals surface area contributed by atoms with E-state index in [4.69, 9.17) is 9.84 Å². The Bertz CT molecular complexity index is 393. The third-order valence-electron chi connectivity index (χ3n) is 4.10. The van der Waals surface area contributed by atoms with Crippen molar-refractivity contribution in [3.8, 4) is 0 Å². The SMILES string of the molecule is CC(C)(C)OC(=O)NC1(C(C)(C)C(O)C(=O)O)CCC1. The largest absolute Gasteiger partial charge is 0.479 e. The summed E-state index contributed by atoms with van der Waals surface area (Å²) in [6, 6.07) is 0. The molecule has 1 aliphatic carbocycles. The van der Waals surface area contributed by atoms with E-state index in [0.29, 0.717) is 12.8 Å². The highest BCUT2D eigenvalue weighted by Gasteiger charge is 2.56. The minimum atomic E-state index is -1.54. The highest BCUT2D eigenvalue weighted by Crippen LogP contribution is 2.48. The molecule has 1 aliphatic rings. The number of aliphatic hydroxyl groups is 1. The van der Waals surface area contributed by atoms with Crippen LogP contribution in [0.5, 0.6) is 0 Å². The number of carboxylic acids is 1. The summed E-state index contributed by atoms with van der Waals surface area (Å²) in [7, 11) is 0. The van der Waals surface area contributed by atoms with Crippen LogP contribution < -0.4 is 5.32 Å². The van der Waals surface area contributed by atoms with E-state index in [0.717, 1.165) is 6.42 Å². The molecular formula is C14H25NO5. The highest BCUT2D eigenvalue weighted by atomic mass is 16.6. The van der Waals surface area contributed by atoms with Gasteiger partial charge in [0.25, 0.3) is 0 Å². The Morgan fingerprint density at radius 3 is 2.00 bits per heavy atom. The van der Waals surface area contributed by atoms with Crippen LogP contribution in [-0.2, 0) is 9.53 Å². The van der Waals surface area contributed by atoms with Gasteiger partial charge in [0.05, 0.1) is 5.54 Å². The lowest BCUT2D eigenvalue weighted by atomic mass is 9.58. The van der Waals surface area contributed by atoms with Gasteiger partial charge in [0, 0.05) is 5.41 Å². The molecule has 1 rings (SSSR count). The number of rotatable bonds is 4. The molecule has 0 aliphatic heterocycles. The molecule has 0 aromatic rings. The zero-order valence-electron chi connectivity index (χ0n) is 12.8. The average Bonchev–Trinajstić information content (AvgIpc) is 2.19. The standard InChI is InChI=1S/C14H25NO5/c1-12(2,3)20-11(19)15-14(7-6-8-14)13(4,5)9(16)10(17)18/h9,16H,6-8H2,1-5H3,(H,15,19)(H,17,18). The molecular weight excluding hydrogens is 262 g/mol. The van der Waals surface area contributed by atoms with E-state index in [1.165, 1.54) is 0 Å². The van der Waals surface area contributed by atoms with Crippen LogP contribution >= 0.6 is 0 Å². The van der Waals surface area contributed by atoms with Gasteiger partial charge in [-0.3, -0.25) is 0 Å². The van der Waals surface area contributed by atoms with Gasteiger partial charge in [0.15, 0.2) is 6.10 Å². The number of carboxylic acid groups (broad SMARTS) is 1. The van der Waals surface area contributed by atoms with E-state index >= 15 is 0 Å². The number of aliphatic carboxylic acids is 1. The maximum absolute atomic E-state index is 11.9. The minimum absolute atomic E-state index is 0.581. The lowest BCUT2D eigenvalue weighted by molar-refractivity contribution is -0.160. The van der Waals surface area contributed by atoms with Gasteiger partial charge in [-0.25, -0.2) is 9.59 Å². The number of carbonyl (C=O) groups excluding carboxylic acids is 1. The number of hydrogen-bond donors (Lipinski definition) is 3. The molecule has 20 heavy (non-hydrogen) atoms. The molecule has 0 aromatic carbocycles. The lowest BCUT2D eigenvalue weighted by Gasteiger charge is -2.54. The van der Waals surface area contributed by atoms with Gasteiger partial charge in [-0.1, -0.05) is 13.8 Å². The van der Waals surface area contributed by atoms with Crippen LogP contribution in [0.25, 0.3) is 0 Å². The molecule has 0 aromatic heterocycles. The third kappa shape index (κ3) is 3.23. The predicted octanol–water partition coefficient (Wildman–Crippen LogP) is 1.91. The molecule has 6 heteroatoms. The first-order valence-corrected chi connectivity index (χ1v) is 6.83. The van der Waals surface area contributed by atoms with Gasteiger partial charge in [-0.05, 0) is 40.0 Å². The van der Waals surface area contributed by atoms with E-state index in [-0.39, 0.29) is 0 Å². The van der Waals surface area contributed by atoms with Crippen LogP contribution in [0, 0.1) is 5.41 Å². The molecule has 0 spiro atoms. The fourth-order valence-corrected chi connectivity index (χ4v) is 2.53. The second-order valence-electron chi connectivity index (χ2n) is 7.03. The summed E-state index contributed by atoms with van der Waals surface area (Å²) in [5, 5.41) is 21.7. The molecule has 1 fully saturated rings. The molecule has 0 radical (unpaired) electrons. The summed E-state index contributed by atoms with van der Waals surface area (Å²) in [5.41, 5.74) is -2.34. The minimum Gasteiger partial charge on any atom is -0.479 e. The van der Waals surface area contributed by atoms with Crippen molar-refractivity contribution in [3.05, 3.63) is 0 Å². The molecule has 0 saturated heterocycles. The van der Waals surface area contributed by atoms with Crippen molar-refractivity contribution in [2.75, 3.05) is 0 Å². The fraction of sp³-hybridized carbons (Fsp3) is 0.857. The van der Waals surface area contributed by atoms with E-state index in [9.17, 15) is 14.7 Å². The Kier molecular flexibility index (Phi) is 4.39. The number of aliphatic hydroxyl groups excluding tert-OH is 1. The number of alkyl carbamates (subject to hydrolysis) is 1. The van der Waals surface area contributed by atoms with Crippen molar-refractivity contribution >= 4 is 12.1 Å². The molecule has 1 saturated carbocycles. The van der Waals surface area contributed by atoms with Crippen molar-refractivity contribution in [3.63, 3.8) is 0 Å². The monoisotopic (exact) mass is 287 g/mol. The normalized spacial score (nSPS) is 19.7. The Morgan fingerprint density at radius 1 is 1.20 bits per heavy atom. The smallest absolute Gasteiger partial charge is 0.408 e. The number of carbonyl (C=O) groups is 2. The van der Waals surface area contributed by atoms with Crippen molar-refractivity contribution < 1.29 is 24.5 Å². The molecule has 0 bridgehead atoms. The average molecular weight is 287 g/mol. The van der Waals surface area contributed by atoms with Crippen molar-refractivity contribution in [1.29, 1.82) is 0 Å². The molecule has 0 heterocycles. The Labute approximate surface area is 119 Å². The second kappa shape index (κ2) is 5.24.